The monoisotopic (exact) mass is 545 g/mol. The molecule has 0 amide bonds. The van der Waals surface area contributed by atoms with Crippen molar-refractivity contribution in [2.45, 2.75) is 58.0 Å². The van der Waals surface area contributed by atoms with Crippen LogP contribution in [-0.4, -0.2) is 21.7 Å². The number of alkyl halides is 3. The molecule has 0 spiro atoms. The van der Waals surface area contributed by atoms with Crippen molar-refractivity contribution in [1.29, 1.82) is 0 Å². The maximum atomic E-state index is 13.5. The smallest absolute Gasteiger partial charge is 0.419 e. The first-order valence-corrected chi connectivity index (χ1v) is 11.0. The van der Waals surface area contributed by atoms with Gasteiger partial charge in [-0.3, -0.25) is 4.79 Å². The third-order valence-corrected chi connectivity index (χ3v) is 6.03. The Balaban J connectivity index is 0.00000324. The number of fused-ring (bicyclic) bond motifs is 3. The van der Waals surface area contributed by atoms with Gasteiger partial charge in [0.1, 0.15) is 18.1 Å². The van der Waals surface area contributed by atoms with Crippen molar-refractivity contribution in [3.05, 3.63) is 58.2 Å². The Morgan fingerprint density at radius 3 is 2.62 bits per heavy atom. The second-order valence-electron chi connectivity index (χ2n) is 8.40. The van der Waals surface area contributed by atoms with Crippen LogP contribution in [0.5, 0.6) is 11.5 Å². The van der Waals surface area contributed by atoms with Crippen LogP contribution in [0, 0.1) is 0 Å². The minimum absolute atomic E-state index is 0. The number of ether oxygens (including phenoxy) is 2. The zero-order valence-electron chi connectivity index (χ0n) is 18.8. The first-order chi connectivity index (χ1) is 15.5. The summed E-state index contributed by atoms with van der Waals surface area (Å²) in [5.74, 6) is -0.783. The maximum absolute atomic E-state index is 13.5. The van der Waals surface area contributed by atoms with E-state index in [0.717, 1.165) is 22.7 Å². The first-order valence-electron chi connectivity index (χ1n) is 10.6. The van der Waals surface area contributed by atoms with Crippen molar-refractivity contribution in [2.75, 3.05) is 0 Å². The molecule has 0 saturated heterocycles. The molecule has 1 N–H and O–H groups in total. The summed E-state index contributed by atoms with van der Waals surface area (Å²) < 4.78 is 53.5. The third kappa shape index (κ3) is 5.36. The fraction of sp³-hybridized carbons (Fsp3) is 0.375. The first kappa shape index (κ1) is 26.4. The maximum Gasteiger partial charge on any atom is 0.419 e. The topological polar surface area (TPSA) is 60.7 Å². The Hall–Kier alpha value is -2.25. The van der Waals surface area contributed by atoms with E-state index in [1.807, 2.05) is 10.6 Å². The van der Waals surface area contributed by atoms with Gasteiger partial charge in [-0.15, -0.1) is 0 Å². The Bertz CT molecular complexity index is 1210. The Labute approximate surface area is 212 Å². The van der Waals surface area contributed by atoms with Crippen molar-refractivity contribution in [3.63, 3.8) is 0 Å². The van der Waals surface area contributed by atoms with E-state index in [0.29, 0.717) is 29.3 Å². The number of carboxylic acid groups (broad SMARTS) is 1. The fourth-order valence-electron chi connectivity index (χ4n) is 4.29. The van der Waals surface area contributed by atoms with E-state index >= 15 is 0 Å². The molecule has 4 rings (SSSR count). The number of benzene rings is 2. The molecule has 10 heteroatoms. The molecule has 0 fully saturated rings. The van der Waals surface area contributed by atoms with Crippen LogP contribution in [0.25, 0.3) is 10.9 Å². The number of aryl methyl sites for hydroxylation is 1. The van der Waals surface area contributed by atoms with Crippen LogP contribution in [-0.2, 0) is 43.6 Å². The molecule has 2 aromatic carbocycles. The minimum atomic E-state index is -4.55. The molecule has 1 unspecified atom stereocenters. The zero-order valence-corrected chi connectivity index (χ0v) is 22.5. The van der Waals surface area contributed by atoms with E-state index < -0.39 is 17.7 Å². The molecule has 0 aliphatic carbocycles. The summed E-state index contributed by atoms with van der Waals surface area (Å²) in [7, 11) is 0. The Morgan fingerprint density at radius 2 is 1.97 bits per heavy atom. The summed E-state index contributed by atoms with van der Waals surface area (Å²) in [4.78, 5) is 11.2. The zero-order chi connectivity index (χ0) is 23.9. The molecule has 0 bridgehead atoms. The predicted molar refractivity (Wildman–Crippen MR) is 118 cm³/mol. The van der Waals surface area contributed by atoms with Crippen LogP contribution >= 0.6 is 11.6 Å². The number of rotatable bonds is 7. The Kier molecular flexibility index (Phi) is 7.88. The van der Waals surface area contributed by atoms with Gasteiger partial charge in [-0.2, -0.15) is 13.2 Å². The molecular formula is C24H23ClF3NO4Zn. The van der Waals surface area contributed by atoms with Crippen LogP contribution in [0.2, 0.25) is 5.02 Å². The van der Waals surface area contributed by atoms with Gasteiger partial charge < -0.3 is 19.1 Å². The molecule has 3 aromatic rings. The summed E-state index contributed by atoms with van der Waals surface area (Å²) in [6, 6.07) is 9.19. The number of halogens is 4. The summed E-state index contributed by atoms with van der Waals surface area (Å²) in [5.41, 5.74) is 1.20. The van der Waals surface area contributed by atoms with E-state index in [9.17, 15) is 18.0 Å². The van der Waals surface area contributed by atoms with E-state index in [1.54, 1.807) is 32.0 Å². The summed E-state index contributed by atoms with van der Waals surface area (Å²) in [6.45, 7) is 3.95. The van der Waals surface area contributed by atoms with Crippen molar-refractivity contribution >= 4 is 28.5 Å². The summed E-state index contributed by atoms with van der Waals surface area (Å²) >= 11 is 6.59. The largest absolute Gasteiger partial charge is 0.490 e. The number of carbonyl (C=O) groups is 1. The number of nitrogens with zero attached hydrogens (tertiary/aromatic N) is 1. The van der Waals surface area contributed by atoms with Gasteiger partial charge in [0.2, 0.25) is 0 Å². The number of aromatic nitrogens is 1. The quantitative estimate of drug-likeness (QED) is 0.337. The molecule has 1 aliphatic heterocycles. The van der Waals surface area contributed by atoms with Gasteiger partial charge in [0.15, 0.2) is 0 Å². The molecule has 2 heterocycles. The van der Waals surface area contributed by atoms with E-state index in [4.69, 9.17) is 26.2 Å². The van der Waals surface area contributed by atoms with Crippen LogP contribution in [0.15, 0.2) is 36.4 Å². The third-order valence-electron chi connectivity index (χ3n) is 5.64. The SMILES string of the molecule is CC(C)Oc1ccc(COc2ccc3c(c2)c(Cl)c2n3CCC2CC(=O)O)cc1C(F)(F)F.[Zn]. The second kappa shape index (κ2) is 10.2. The van der Waals surface area contributed by atoms with Crippen LogP contribution < -0.4 is 9.47 Å². The standard InChI is InChI=1S/C24H23ClF3NO4.Zn/c1-13(2)33-20-6-3-14(9-18(20)24(26,27)28)12-32-16-4-5-19-17(11-16)22(25)23-15(10-21(30)31)7-8-29(19)23;/h3-6,9,11,13,15H,7-8,10,12H2,1-2H3,(H,30,31);. The van der Waals surface area contributed by atoms with Gasteiger partial charge in [0.05, 0.1) is 28.6 Å². The van der Waals surface area contributed by atoms with Gasteiger partial charge in [0, 0.05) is 43.0 Å². The number of hydrogen-bond acceptors (Lipinski definition) is 3. The van der Waals surface area contributed by atoms with E-state index in [2.05, 4.69) is 0 Å². The number of hydrogen-bond donors (Lipinski definition) is 1. The molecule has 0 saturated carbocycles. The van der Waals surface area contributed by atoms with Gasteiger partial charge in [-0.1, -0.05) is 17.7 Å². The molecule has 34 heavy (non-hydrogen) atoms. The average molecular weight is 547 g/mol. The van der Waals surface area contributed by atoms with Gasteiger partial charge in [-0.25, -0.2) is 0 Å². The normalized spacial score (nSPS) is 15.3. The number of aliphatic carboxylic acids is 1. The predicted octanol–water partition coefficient (Wildman–Crippen LogP) is 6.64. The molecule has 1 atom stereocenters. The van der Waals surface area contributed by atoms with Crippen LogP contribution in [0.1, 0.15) is 49.4 Å². The molecule has 1 aliphatic rings. The average Bonchev–Trinajstić information content (AvgIpc) is 3.25. The van der Waals surface area contributed by atoms with Crippen LogP contribution in [0.4, 0.5) is 13.2 Å². The molecule has 5 nitrogen and oxygen atoms in total. The van der Waals surface area contributed by atoms with Gasteiger partial charge >= 0.3 is 12.1 Å². The molecular weight excluding hydrogens is 524 g/mol. The molecule has 0 radical (unpaired) electrons. The second-order valence-corrected chi connectivity index (χ2v) is 8.77. The Morgan fingerprint density at radius 1 is 1.24 bits per heavy atom. The van der Waals surface area contributed by atoms with Crippen molar-refractivity contribution < 1.29 is 52.0 Å². The molecule has 1 aromatic heterocycles. The minimum Gasteiger partial charge on any atom is -0.490 e. The number of carboxylic acids is 1. The fourth-order valence-corrected chi connectivity index (χ4v) is 4.69. The van der Waals surface area contributed by atoms with Gasteiger partial charge in [-0.05, 0) is 56.2 Å². The van der Waals surface area contributed by atoms with Crippen molar-refractivity contribution in [3.8, 4) is 11.5 Å². The van der Waals surface area contributed by atoms with Crippen molar-refractivity contribution in [1.82, 2.24) is 4.57 Å². The summed E-state index contributed by atoms with van der Waals surface area (Å²) in [5, 5.41) is 10.4. The van der Waals surface area contributed by atoms with E-state index in [1.165, 1.54) is 6.07 Å². The van der Waals surface area contributed by atoms with E-state index in [-0.39, 0.29) is 50.3 Å². The van der Waals surface area contributed by atoms with Crippen LogP contribution in [0.3, 0.4) is 0 Å². The summed E-state index contributed by atoms with van der Waals surface area (Å²) in [6.07, 6.45) is -4.21. The van der Waals surface area contributed by atoms with Gasteiger partial charge in [0.25, 0.3) is 0 Å². The molecule has 178 valence electrons. The van der Waals surface area contributed by atoms with Crippen molar-refractivity contribution in [2.24, 2.45) is 0 Å².